The van der Waals surface area contributed by atoms with Gasteiger partial charge < -0.3 is 8.85 Å². The highest BCUT2D eigenvalue weighted by Crippen LogP contribution is 2.15. The first-order valence-electron chi connectivity index (χ1n) is 3.94. The van der Waals surface area contributed by atoms with E-state index >= 15 is 0 Å². The van der Waals surface area contributed by atoms with Crippen LogP contribution in [-0.2, 0) is 19.0 Å². The maximum atomic E-state index is 10.7. The lowest BCUT2D eigenvalue weighted by atomic mass is 10.6. The normalized spacial score (nSPS) is 13.2. The molecule has 0 spiro atoms. The summed E-state index contributed by atoms with van der Waals surface area (Å²) in [6.45, 7) is 1.91. The van der Waals surface area contributed by atoms with Gasteiger partial charge in [0.25, 0.3) is 10.1 Å². The summed E-state index contributed by atoms with van der Waals surface area (Å²) in [6.07, 6.45) is 0.767. The summed E-state index contributed by atoms with van der Waals surface area (Å²) in [5, 5.41) is -0.402. The molecule has 0 amide bonds. The summed E-state index contributed by atoms with van der Waals surface area (Å²) in [4.78, 5) is 0. The van der Waals surface area contributed by atoms with E-state index in [0.717, 1.165) is 6.42 Å². The Hall–Kier alpha value is 0.0469. The molecule has 0 saturated heterocycles. The second-order valence-electron chi connectivity index (χ2n) is 2.80. The average molecular weight is 228 g/mol. The number of hydrogen-bond donors (Lipinski definition) is 1. The van der Waals surface area contributed by atoms with Gasteiger partial charge in [-0.2, -0.15) is 8.42 Å². The Morgan fingerprint density at radius 2 is 1.77 bits per heavy atom. The van der Waals surface area contributed by atoms with Gasteiger partial charge in [-0.3, -0.25) is 4.55 Å². The molecule has 0 atom stereocenters. The van der Waals surface area contributed by atoms with Gasteiger partial charge in [0.15, 0.2) is 0 Å². The van der Waals surface area contributed by atoms with E-state index in [1.165, 1.54) is 14.2 Å². The van der Waals surface area contributed by atoms with Crippen LogP contribution in [0.25, 0.3) is 0 Å². The van der Waals surface area contributed by atoms with E-state index in [-0.39, 0.29) is 0 Å². The first-order chi connectivity index (χ1) is 5.89. The third kappa shape index (κ3) is 4.72. The van der Waals surface area contributed by atoms with Gasteiger partial charge in [0, 0.05) is 14.2 Å². The minimum Gasteiger partial charge on any atom is -0.397 e. The molecule has 0 saturated carbocycles. The van der Waals surface area contributed by atoms with E-state index in [9.17, 15) is 8.42 Å². The van der Waals surface area contributed by atoms with Crippen molar-refractivity contribution in [3.63, 3.8) is 0 Å². The zero-order chi connectivity index (χ0) is 10.5. The Balaban J connectivity index is 4.57. The van der Waals surface area contributed by atoms with Gasteiger partial charge in [0.1, 0.15) is 5.38 Å². The summed E-state index contributed by atoms with van der Waals surface area (Å²) in [7, 11) is -3.91. The highest BCUT2D eigenvalue weighted by molar-refractivity contribution is 7.87. The fraction of sp³-hybridized carbons (Fsp3) is 1.00. The fourth-order valence-electron chi connectivity index (χ4n) is 1.14. The van der Waals surface area contributed by atoms with E-state index < -0.39 is 24.1 Å². The van der Waals surface area contributed by atoms with Crippen molar-refractivity contribution < 1.29 is 21.8 Å². The molecule has 13 heavy (non-hydrogen) atoms. The van der Waals surface area contributed by atoms with Crippen LogP contribution in [0.15, 0.2) is 0 Å². The van der Waals surface area contributed by atoms with Crippen LogP contribution >= 0.6 is 0 Å². The summed E-state index contributed by atoms with van der Waals surface area (Å²) >= 11 is 0. The van der Waals surface area contributed by atoms with Gasteiger partial charge in [0.05, 0.1) is 0 Å². The molecule has 0 aliphatic heterocycles. The summed E-state index contributed by atoms with van der Waals surface area (Å²) in [5.74, 6) is 0. The molecule has 0 unspecified atom stereocenters. The van der Waals surface area contributed by atoms with Crippen molar-refractivity contribution in [3.8, 4) is 0 Å². The van der Waals surface area contributed by atoms with Crippen molar-refractivity contribution in [2.75, 3.05) is 19.6 Å². The minimum absolute atomic E-state index is 0.402. The van der Waals surface area contributed by atoms with Crippen LogP contribution in [0.4, 0.5) is 0 Å². The quantitative estimate of drug-likeness (QED) is 0.531. The Morgan fingerprint density at radius 3 is 2.00 bits per heavy atom. The third-order valence-corrected chi connectivity index (χ3v) is 7.75. The molecule has 0 aliphatic carbocycles. The second-order valence-corrected chi connectivity index (χ2v) is 8.25. The van der Waals surface area contributed by atoms with E-state index in [0.29, 0.717) is 6.04 Å². The maximum Gasteiger partial charge on any atom is 0.355 e. The molecule has 0 aromatic rings. The second kappa shape index (κ2) is 5.06. The highest BCUT2D eigenvalue weighted by atomic mass is 32.2. The lowest BCUT2D eigenvalue weighted by molar-refractivity contribution is 0.246. The van der Waals surface area contributed by atoms with Crippen molar-refractivity contribution in [1.82, 2.24) is 0 Å². The molecule has 0 bridgehead atoms. The van der Waals surface area contributed by atoms with Gasteiger partial charge in [-0.05, 0) is 6.04 Å². The predicted octanol–water partition coefficient (Wildman–Crippen LogP) is 0.558. The van der Waals surface area contributed by atoms with Crippen LogP contribution in [0.1, 0.15) is 13.3 Å². The van der Waals surface area contributed by atoms with Crippen LogP contribution < -0.4 is 0 Å². The number of rotatable bonds is 6. The molecule has 7 heteroatoms. The van der Waals surface area contributed by atoms with Crippen LogP contribution in [-0.4, -0.2) is 41.1 Å². The molecule has 0 aliphatic rings. The largest absolute Gasteiger partial charge is 0.397 e. The van der Waals surface area contributed by atoms with Crippen LogP contribution in [0.5, 0.6) is 0 Å². The summed E-state index contributed by atoms with van der Waals surface area (Å²) in [5.41, 5.74) is 0. The van der Waals surface area contributed by atoms with E-state index in [1.807, 2.05) is 6.92 Å². The van der Waals surface area contributed by atoms with E-state index in [2.05, 4.69) is 0 Å². The SMILES string of the molecule is CCC[Si](CS(=O)(=O)O)(OC)OC. The Morgan fingerprint density at radius 1 is 1.31 bits per heavy atom. The average Bonchev–Trinajstić information content (AvgIpc) is 2.01. The maximum absolute atomic E-state index is 10.7. The Bertz CT molecular complexity index is 233. The van der Waals surface area contributed by atoms with E-state index in [4.69, 9.17) is 13.4 Å². The molecule has 5 nitrogen and oxygen atoms in total. The monoisotopic (exact) mass is 228 g/mol. The minimum atomic E-state index is -4.02. The molecule has 0 aromatic carbocycles. The lowest BCUT2D eigenvalue weighted by Crippen LogP contribution is -2.47. The molecule has 0 aromatic heterocycles. The van der Waals surface area contributed by atoms with Crippen molar-refractivity contribution >= 4 is 18.7 Å². The first kappa shape index (κ1) is 13.0. The van der Waals surface area contributed by atoms with E-state index in [1.54, 1.807) is 0 Å². The molecule has 80 valence electrons. The molecular formula is C6H16O5SSi. The van der Waals surface area contributed by atoms with Gasteiger partial charge in [-0.25, -0.2) is 0 Å². The van der Waals surface area contributed by atoms with Crippen LogP contribution in [0.2, 0.25) is 6.04 Å². The molecular weight excluding hydrogens is 212 g/mol. The molecule has 0 fully saturated rings. The van der Waals surface area contributed by atoms with Gasteiger partial charge in [-0.15, -0.1) is 0 Å². The highest BCUT2D eigenvalue weighted by Gasteiger charge is 2.39. The molecule has 1 N–H and O–H groups in total. The molecule has 0 radical (unpaired) electrons. The van der Waals surface area contributed by atoms with Crippen molar-refractivity contribution in [1.29, 1.82) is 0 Å². The van der Waals surface area contributed by atoms with Gasteiger partial charge in [0.2, 0.25) is 0 Å². The fourth-order valence-corrected chi connectivity index (χ4v) is 6.22. The van der Waals surface area contributed by atoms with Crippen molar-refractivity contribution in [3.05, 3.63) is 0 Å². The Kier molecular flexibility index (Phi) is 5.08. The van der Waals surface area contributed by atoms with Gasteiger partial charge >= 0.3 is 8.56 Å². The first-order valence-corrected chi connectivity index (χ1v) is 7.78. The summed E-state index contributed by atoms with van der Waals surface area (Å²) < 4.78 is 40.2. The van der Waals surface area contributed by atoms with Crippen LogP contribution in [0.3, 0.4) is 0 Å². The topological polar surface area (TPSA) is 72.8 Å². The van der Waals surface area contributed by atoms with Crippen molar-refractivity contribution in [2.45, 2.75) is 19.4 Å². The van der Waals surface area contributed by atoms with Crippen LogP contribution in [0, 0.1) is 0 Å². The Labute approximate surface area is 80.0 Å². The van der Waals surface area contributed by atoms with Gasteiger partial charge in [-0.1, -0.05) is 13.3 Å². The third-order valence-electron chi connectivity index (χ3n) is 1.78. The standard InChI is InChI=1S/C6H16O5SSi/c1-4-5-13(10-2,11-3)6-12(7,8)9/h4-6H2,1-3H3,(H,7,8,9). The molecule has 0 heterocycles. The smallest absolute Gasteiger partial charge is 0.355 e. The summed E-state index contributed by atoms with van der Waals surface area (Å²) in [6, 6.07) is 0.555. The zero-order valence-electron chi connectivity index (χ0n) is 8.11. The zero-order valence-corrected chi connectivity index (χ0v) is 9.93. The number of hydrogen-bond acceptors (Lipinski definition) is 4. The lowest BCUT2D eigenvalue weighted by Gasteiger charge is -2.25. The predicted molar refractivity (Wildman–Crippen MR) is 51.3 cm³/mol. The molecule has 0 rings (SSSR count). The van der Waals surface area contributed by atoms with Crippen molar-refractivity contribution in [2.24, 2.45) is 0 Å².